The zero-order valence-corrected chi connectivity index (χ0v) is 48.8. The van der Waals surface area contributed by atoms with Gasteiger partial charge in [-0.1, -0.05) is 38.1 Å². The highest BCUT2D eigenvalue weighted by Gasteiger charge is 2.55. The summed E-state index contributed by atoms with van der Waals surface area (Å²) in [6, 6.07) is 26.0. The molecule has 4 aromatic carbocycles. The van der Waals surface area contributed by atoms with Crippen molar-refractivity contribution in [2.24, 2.45) is 11.3 Å². The molecule has 2 saturated carbocycles. The zero-order chi connectivity index (χ0) is 58.4. The van der Waals surface area contributed by atoms with Crippen LogP contribution in [0.1, 0.15) is 110 Å². The highest BCUT2D eigenvalue weighted by Crippen LogP contribution is 2.54. The molecular formula is C63H72FN9O10S. The zero-order valence-electron chi connectivity index (χ0n) is 48.0. The Labute approximate surface area is 487 Å². The van der Waals surface area contributed by atoms with E-state index in [-0.39, 0.29) is 52.1 Å². The average Bonchev–Trinajstić information content (AvgIpc) is 1.30. The van der Waals surface area contributed by atoms with Crippen molar-refractivity contribution >= 4 is 66.4 Å². The summed E-state index contributed by atoms with van der Waals surface area (Å²) < 4.78 is 70.4. The summed E-state index contributed by atoms with van der Waals surface area (Å²) >= 11 is 0. The number of furan rings is 1. The van der Waals surface area contributed by atoms with Crippen molar-refractivity contribution in [2.45, 2.75) is 120 Å². The van der Waals surface area contributed by atoms with E-state index in [1.54, 1.807) is 26.2 Å². The third-order valence-electron chi connectivity index (χ3n) is 18.7. The summed E-state index contributed by atoms with van der Waals surface area (Å²) in [5.74, 6) is 0.827. The van der Waals surface area contributed by atoms with E-state index in [2.05, 4.69) is 86.0 Å². The maximum absolute atomic E-state index is 15.4. The van der Waals surface area contributed by atoms with E-state index >= 15 is 4.39 Å². The van der Waals surface area contributed by atoms with E-state index in [9.17, 15) is 28.4 Å². The van der Waals surface area contributed by atoms with Crippen molar-refractivity contribution in [1.29, 1.82) is 0 Å². The van der Waals surface area contributed by atoms with Crippen molar-refractivity contribution in [1.82, 2.24) is 24.5 Å². The molecule has 0 unspecified atom stereocenters. The lowest BCUT2D eigenvalue weighted by Crippen LogP contribution is -2.68. The van der Waals surface area contributed by atoms with E-state index in [0.29, 0.717) is 55.7 Å². The first-order valence-electron chi connectivity index (χ1n) is 29.4. The van der Waals surface area contributed by atoms with Crippen LogP contribution in [0.15, 0.2) is 100 Å². The lowest BCUT2D eigenvalue weighted by Gasteiger charge is -2.63. The molecule has 21 heteroatoms. The SMILES string of the molecule is COc1cc(CN2CCN(C3CC4(C3)CN(c3ccc(C(=O)NS(=O)(=O)c5ccc(NC[C@H]6CC[C@](C)(O)CC6)c([N+](=O)[O-])c5)c(N5c6cc7c(F)c[nH]c7nc6O[C@H]6COCC[C@@H]65)c3)C4)[C@H](c3ccccc3C(C)C)C2)cc2cc(C)oc12. The fourth-order valence-corrected chi connectivity index (χ4v) is 15.3. The number of piperazine rings is 1. The highest BCUT2D eigenvalue weighted by molar-refractivity contribution is 7.90. The minimum Gasteiger partial charge on any atom is -0.493 e. The van der Waals surface area contributed by atoms with Gasteiger partial charge in [0.05, 0.1) is 51.8 Å². The first kappa shape index (κ1) is 55.9. The number of pyridine rings is 1. The molecule has 4 N–H and O–H groups in total. The molecule has 1 amide bonds. The molecule has 13 rings (SSSR count). The Morgan fingerprint density at radius 3 is 2.58 bits per heavy atom. The van der Waals surface area contributed by atoms with Crippen LogP contribution in [-0.4, -0.2) is 128 Å². The van der Waals surface area contributed by atoms with Gasteiger partial charge in [-0.15, -0.1) is 0 Å². The standard InChI is InChI=1S/C63H72FN9O10S/c1-37(2)45-8-6-7-9-46(45)55-33-69(32-40-23-41-22-38(3)82-58(41)56(24-40)80-5)19-20-71(55)43-28-63(29-43)35-70(36-63)42-10-12-47(52(25-42)72-51-16-21-81-34-57(51)83-61-54(72)27-48-49(64)31-66-59(48)67-61)60(74)68-84(78,79)44-11-13-50(53(26-44)73(76)77)65-30-39-14-17-62(4,75)18-15-39/h6-13,22-27,31,37,39,43,51,55,57,65,75H,14-21,28-30,32-36H2,1-5H3,(H,66,67)(H,68,74)/t39-,51-,55-,57-,62-/m0/s1. The maximum Gasteiger partial charge on any atom is 0.293 e. The third kappa shape index (κ3) is 10.5. The Morgan fingerprint density at radius 2 is 1.81 bits per heavy atom. The summed E-state index contributed by atoms with van der Waals surface area (Å²) in [7, 11) is -3.01. The summed E-state index contributed by atoms with van der Waals surface area (Å²) in [5, 5.41) is 27.3. The molecular weight excluding hydrogens is 1090 g/mol. The fourth-order valence-electron chi connectivity index (χ4n) is 14.3. The molecule has 19 nitrogen and oxygen atoms in total. The van der Waals surface area contributed by atoms with Gasteiger partial charge in [0.25, 0.3) is 21.6 Å². The number of sulfonamides is 1. The maximum atomic E-state index is 15.4. The van der Waals surface area contributed by atoms with Crippen LogP contribution >= 0.6 is 0 Å². The number of fused-ring (bicyclic) bond motifs is 4. The quantitative estimate of drug-likeness (QED) is 0.0554. The third-order valence-corrected chi connectivity index (χ3v) is 20.1. The average molecular weight is 1170 g/mol. The van der Waals surface area contributed by atoms with Gasteiger partial charge in [-0.25, -0.2) is 17.5 Å². The number of benzene rings is 4. The second-order valence-corrected chi connectivity index (χ2v) is 26.6. The number of nitrogens with one attached hydrogen (secondary N) is 3. The molecule has 7 aromatic rings. The minimum absolute atomic E-state index is 0.0105. The topological polar surface area (TPSA) is 221 Å². The summed E-state index contributed by atoms with van der Waals surface area (Å²) in [4.78, 5) is 43.3. The van der Waals surface area contributed by atoms with Crippen molar-refractivity contribution < 1.29 is 46.3 Å². The summed E-state index contributed by atoms with van der Waals surface area (Å²) in [6.07, 6.45) is 5.89. The Balaban J connectivity index is 0.772. The van der Waals surface area contributed by atoms with Gasteiger partial charge in [-0.3, -0.25) is 24.7 Å². The van der Waals surface area contributed by atoms with Gasteiger partial charge in [0.15, 0.2) is 11.3 Å². The molecule has 0 bridgehead atoms. The van der Waals surface area contributed by atoms with Gasteiger partial charge in [-0.2, -0.15) is 4.98 Å². The number of ether oxygens (including phenoxy) is 3. The predicted molar refractivity (Wildman–Crippen MR) is 318 cm³/mol. The largest absolute Gasteiger partial charge is 0.493 e. The number of aromatic nitrogens is 2. The fraction of sp³-hybridized carbons (Fsp3) is 0.460. The van der Waals surface area contributed by atoms with E-state index in [4.69, 9.17) is 23.6 Å². The number of H-pyrrole nitrogens is 1. The number of anilines is 4. The van der Waals surface area contributed by atoms with Gasteiger partial charge < -0.3 is 43.8 Å². The molecule has 442 valence electrons. The van der Waals surface area contributed by atoms with E-state index in [1.165, 1.54) is 35.0 Å². The van der Waals surface area contributed by atoms with Crippen molar-refractivity contribution in [3.63, 3.8) is 0 Å². The first-order valence-corrected chi connectivity index (χ1v) is 30.9. The van der Waals surface area contributed by atoms with E-state index in [0.717, 1.165) is 99.2 Å². The van der Waals surface area contributed by atoms with Crippen LogP contribution in [0.5, 0.6) is 11.6 Å². The lowest BCUT2D eigenvalue weighted by atomic mass is 9.59. The predicted octanol–water partition coefficient (Wildman–Crippen LogP) is 10.5. The molecule has 3 aromatic heterocycles. The molecule has 5 fully saturated rings. The minimum atomic E-state index is -4.70. The van der Waals surface area contributed by atoms with Crippen molar-refractivity contribution in [3.8, 4) is 11.6 Å². The van der Waals surface area contributed by atoms with Crippen LogP contribution < -0.4 is 29.3 Å². The Hall–Kier alpha value is -7.30. The highest BCUT2D eigenvalue weighted by atomic mass is 32.2. The Bertz CT molecular complexity index is 3810. The number of nitrogens with zero attached hydrogens (tertiary/aromatic N) is 6. The van der Waals surface area contributed by atoms with Gasteiger partial charge >= 0.3 is 0 Å². The number of aliphatic hydroxyl groups is 1. The number of hydrogen-bond acceptors (Lipinski definition) is 16. The number of nitro groups is 1. The van der Waals surface area contributed by atoms with Crippen LogP contribution in [0.2, 0.25) is 0 Å². The molecule has 4 aliphatic heterocycles. The number of aromatic amines is 1. The smallest absolute Gasteiger partial charge is 0.293 e. The number of halogens is 1. The number of nitro benzene ring substituents is 1. The number of carbonyl (C=O) groups excluding carboxylic acids is 1. The molecule has 1 spiro atoms. The second kappa shape index (κ2) is 21.6. The lowest BCUT2D eigenvalue weighted by molar-refractivity contribution is -0.384. The summed E-state index contributed by atoms with van der Waals surface area (Å²) in [6.45, 7) is 14.3. The molecule has 7 heterocycles. The van der Waals surface area contributed by atoms with E-state index < -0.39 is 55.0 Å². The molecule has 3 atom stereocenters. The van der Waals surface area contributed by atoms with Crippen LogP contribution in [0.4, 0.5) is 32.8 Å². The molecule has 84 heavy (non-hydrogen) atoms. The first-order chi connectivity index (χ1) is 40.3. The number of amides is 1. The van der Waals surface area contributed by atoms with Crippen LogP contribution in [0, 0.1) is 34.2 Å². The van der Waals surface area contributed by atoms with Crippen LogP contribution in [0.25, 0.3) is 22.0 Å². The normalized spacial score (nSPS) is 23.7. The monoisotopic (exact) mass is 1170 g/mol. The number of carbonyl (C=O) groups is 1. The van der Waals surface area contributed by atoms with E-state index in [1.807, 2.05) is 24.0 Å². The Kier molecular flexibility index (Phi) is 14.4. The summed E-state index contributed by atoms with van der Waals surface area (Å²) in [5.41, 5.74) is 5.58. The molecule has 3 saturated heterocycles. The van der Waals surface area contributed by atoms with Gasteiger partial charge in [-0.05, 0) is 142 Å². The van der Waals surface area contributed by atoms with Crippen molar-refractivity contribution in [3.05, 3.63) is 135 Å². The van der Waals surface area contributed by atoms with Gasteiger partial charge in [0, 0.05) is 93.3 Å². The van der Waals surface area contributed by atoms with Gasteiger partial charge in [0.2, 0.25) is 5.88 Å². The van der Waals surface area contributed by atoms with Crippen LogP contribution in [0.3, 0.4) is 0 Å². The number of aryl methyl sites for hydroxylation is 1. The Morgan fingerprint density at radius 1 is 1.01 bits per heavy atom. The van der Waals surface area contributed by atoms with Crippen molar-refractivity contribution in [2.75, 3.05) is 74.7 Å². The number of methoxy groups -OCH3 is 1. The van der Waals surface area contributed by atoms with Gasteiger partial charge in [0.1, 0.15) is 34.7 Å². The second-order valence-electron chi connectivity index (χ2n) is 25.0. The molecule has 0 radical (unpaired) electrons. The molecule has 6 aliphatic rings. The van der Waals surface area contributed by atoms with Crippen LogP contribution in [-0.2, 0) is 21.3 Å². The number of hydrogen-bond donors (Lipinski definition) is 4. The molecule has 2 aliphatic carbocycles. The number of rotatable bonds is 15.